The van der Waals surface area contributed by atoms with Crippen molar-refractivity contribution in [2.75, 3.05) is 18.4 Å². The summed E-state index contributed by atoms with van der Waals surface area (Å²) >= 11 is 4.81. The minimum Gasteiger partial charge on any atom is -0.298 e. The zero-order valence-electron chi connectivity index (χ0n) is 17.6. The molecule has 6 nitrogen and oxygen atoms in total. The molecular weight excluding hydrogens is 498 g/mol. The number of hydrogen-bond donors (Lipinski definition) is 1. The molecule has 0 atom stereocenters. The second-order valence-electron chi connectivity index (χ2n) is 7.22. The molecule has 2 aromatic carbocycles. The van der Waals surface area contributed by atoms with Crippen molar-refractivity contribution in [1.29, 1.82) is 0 Å². The lowest BCUT2D eigenvalue weighted by molar-refractivity contribution is 0.102. The number of amides is 1. The van der Waals surface area contributed by atoms with Crippen LogP contribution in [0.5, 0.6) is 0 Å². The van der Waals surface area contributed by atoms with Gasteiger partial charge in [-0.05, 0) is 55.3 Å². The Labute approximate surface area is 195 Å². The maximum absolute atomic E-state index is 13.1. The zero-order chi connectivity index (χ0) is 22.4. The molecule has 3 aromatic rings. The number of nitrogens with zero attached hydrogens (tertiary/aromatic N) is 2. The molecule has 3 rings (SSSR count). The van der Waals surface area contributed by atoms with Crippen LogP contribution < -0.4 is 5.32 Å². The van der Waals surface area contributed by atoms with Crippen LogP contribution in [0, 0.1) is 0 Å². The summed E-state index contributed by atoms with van der Waals surface area (Å²) in [5, 5.41) is 3.30. The minimum absolute atomic E-state index is 0.209. The molecule has 0 bridgehead atoms. The maximum atomic E-state index is 13.1. The van der Waals surface area contributed by atoms with Gasteiger partial charge in [-0.25, -0.2) is 13.4 Å². The summed E-state index contributed by atoms with van der Waals surface area (Å²) < 4.78 is 29.6. The number of aromatic nitrogens is 1. The van der Waals surface area contributed by atoms with Crippen molar-refractivity contribution < 1.29 is 13.2 Å². The monoisotopic (exact) mass is 523 g/mol. The Morgan fingerprint density at radius 2 is 1.71 bits per heavy atom. The molecule has 0 aliphatic rings. The molecule has 0 saturated carbocycles. The number of carbonyl (C=O) groups excluding carboxylic acids is 1. The van der Waals surface area contributed by atoms with Crippen LogP contribution in [0.1, 0.15) is 49.9 Å². The van der Waals surface area contributed by atoms with Gasteiger partial charge in [0.2, 0.25) is 10.0 Å². The van der Waals surface area contributed by atoms with Crippen molar-refractivity contribution in [1.82, 2.24) is 9.29 Å². The van der Waals surface area contributed by atoms with Crippen LogP contribution >= 0.6 is 27.3 Å². The fraction of sp³-hybridized carbons (Fsp3) is 0.364. The van der Waals surface area contributed by atoms with E-state index in [0.29, 0.717) is 23.8 Å². The van der Waals surface area contributed by atoms with Crippen LogP contribution in [-0.2, 0) is 10.0 Å². The Kier molecular flexibility index (Phi) is 8.21. The fourth-order valence-corrected chi connectivity index (χ4v) is 6.00. The number of unbranched alkanes of at least 4 members (excludes halogenated alkanes) is 2. The highest BCUT2D eigenvalue weighted by atomic mass is 79.9. The number of nitrogens with one attached hydrogen (secondary N) is 1. The van der Waals surface area contributed by atoms with E-state index in [1.807, 2.05) is 32.0 Å². The molecule has 1 heterocycles. The summed E-state index contributed by atoms with van der Waals surface area (Å²) in [5.74, 6) is -0.323. The first-order chi connectivity index (χ1) is 14.8. The van der Waals surface area contributed by atoms with Crippen molar-refractivity contribution in [2.24, 2.45) is 0 Å². The summed E-state index contributed by atoms with van der Waals surface area (Å²) in [7, 11) is -3.58. The lowest BCUT2D eigenvalue weighted by Gasteiger charge is -2.22. The van der Waals surface area contributed by atoms with Crippen molar-refractivity contribution in [3.8, 4) is 0 Å². The van der Waals surface area contributed by atoms with Gasteiger partial charge in [0.05, 0.1) is 15.1 Å². The number of hydrogen-bond acceptors (Lipinski definition) is 5. The van der Waals surface area contributed by atoms with Crippen LogP contribution in [0.4, 0.5) is 5.13 Å². The first-order valence-electron chi connectivity index (χ1n) is 10.3. The Bertz CT molecular complexity index is 1140. The van der Waals surface area contributed by atoms with Crippen molar-refractivity contribution in [3.05, 3.63) is 52.5 Å². The molecule has 9 heteroatoms. The van der Waals surface area contributed by atoms with Crippen molar-refractivity contribution in [2.45, 2.75) is 44.4 Å². The molecule has 1 aromatic heterocycles. The van der Waals surface area contributed by atoms with E-state index < -0.39 is 10.0 Å². The van der Waals surface area contributed by atoms with Gasteiger partial charge in [0.15, 0.2) is 5.13 Å². The summed E-state index contributed by atoms with van der Waals surface area (Å²) in [4.78, 5) is 17.3. The van der Waals surface area contributed by atoms with Gasteiger partial charge in [-0.15, -0.1) is 0 Å². The zero-order valence-corrected chi connectivity index (χ0v) is 20.8. The van der Waals surface area contributed by atoms with Crippen LogP contribution in [-0.4, -0.2) is 36.7 Å². The van der Waals surface area contributed by atoms with E-state index in [2.05, 4.69) is 26.2 Å². The predicted molar refractivity (Wildman–Crippen MR) is 130 cm³/mol. The van der Waals surface area contributed by atoms with Crippen molar-refractivity contribution in [3.63, 3.8) is 0 Å². The van der Waals surface area contributed by atoms with Gasteiger partial charge in [0.25, 0.3) is 5.91 Å². The van der Waals surface area contributed by atoms with Gasteiger partial charge < -0.3 is 0 Å². The van der Waals surface area contributed by atoms with E-state index in [-0.39, 0.29) is 10.8 Å². The number of halogens is 1. The third kappa shape index (κ3) is 5.91. The second kappa shape index (κ2) is 10.7. The molecule has 0 unspecified atom stereocenters. The highest BCUT2D eigenvalue weighted by Gasteiger charge is 2.23. The minimum atomic E-state index is -3.58. The molecule has 0 saturated heterocycles. The average Bonchev–Trinajstić information content (AvgIpc) is 3.15. The van der Waals surface area contributed by atoms with Gasteiger partial charge in [-0.3, -0.25) is 10.1 Å². The summed E-state index contributed by atoms with van der Waals surface area (Å²) in [6.45, 7) is 5.11. The van der Waals surface area contributed by atoms with Crippen molar-refractivity contribution >= 4 is 58.5 Å². The molecule has 166 valence electrons. The van der Waals surface area contributed by atoms with E-state index in [4.69, 9.17) is 0 Å². The van der Waals surface area contributed by atoms with Gasteiger partial charge in [-0.2, -0.15) is 4.31 Å². The molecule has 0 fully saturated rings. The van der Waals surface area contributed by atoms with Gasteiger partial charge in [0, 0.05) is 23.1 Å². The Hall–Kier alpha value is -1.81. The first kappa shape index (κ1) is 23.8. The maximum Gasteiger partial charge on any atom is 0.257 e. The standard InChI is InChI=1S/C22H26BrN3O3S2/c1-3-5-13-26(14-6-4-2)31(28,29)18-10-7-16(8-11-18)21(27)25-22-24-19-12-9-17(23)15-20(19)30-22/h7-12,15H,3-6,13-14H2,1-2H3,(H,24,25,27). The number of fused-ring (bicyclic) bond motifs is 1. The van der Waals surface area contributed by atoms with E-state index in [0.717, 1.165) is 40.4 Å². The van der Waals surface area contributed by atoms with E-state index in [1.54, 1.807) is 16.4 Å². The number of sulfonamides is 1. The number of carbonyl (C=O) groups is 1. The molecular formula is C22H26BrN3O3S2. The SMILES string of the molecule is CCCCN(CCCC)S(=O)(=O)c1ccc(C(=O)Nc2nc3ccc(Br)cc3s2)cc1. The predicted octanol–water partition coefficient (Wildman–Crippen LogP) is 5.90. The number of anilines is 1. The molecule has 0 aliphatic heterocycles. The lowest BCUT2D eigenvalue weighted by atomic mass is 10.2. The molecule has 31 heavy (non-hydrogen) atoms. The van der Waals surface area contributed by atoms with Gasteiger partial charge in [0.1, 0.15) is 0 Å². The third-order valence-corrected chi connectivity index (χ3v) is 8.19. The molecule has 0 spiro atoms. The topological polar surface area (TPSA) is 79.4 Å². The first-order valence-corrected chi connectivity index (χ1v) is 13.4. The number of thiazole rings is 1. The van der Waals surface area contributed by atoms with E-state index >= 15 is 0 Å². The van der Waals surface area contributed by atoms with E-state index in [1.165, 1.54) is 23.5 Å². The quantitative estimate of drug-likeness (QED) is 0.358. The summed E-state index contributed by atoms with van der Waals surface area (Å²) in [5.41, 5.74) is 1.19. The molecule has 0 radical (unpaired) electrons. The fourth-order valence-electron chi connectivity index (χ4n) is 3.07. The number of rotatable bonds is 10. The van der Waals surface area contributed by atoms with Crippen LogP contribution in [0.2, 0.25) is 0 Å². The normalized spacial score (nSPS) is 11.9. The van der Waals surface area contributed by atoms with Crippen LogP contribution in [0.15, 0.2) is 51.8 Å². The number of benzene rings is 2. The van der Waals surface area contributed by atoms with Crippen LogP contribution in [0.3, 0.4) is 0 Å². The largest absolute Gasteiger partial charge is 0.298 e. The Morgan fingerprint density at radius 1 is 1.06 bits per heavy atom. The highest BCUT2D eigenvalue weighted by molar-refractivity contribution is 9.10. The molecule has 1 amide bonds. The smallest absolute Gasteiger partial charge is 0.257 e. The lowest BCUT2D eigenvalue weighted by Crippen LogP contribution is -2.33. The summed E-state index contributed by atoms with van der Waals surface area (Å²) in [6, 6.07) is 11.8. The third-order valence-electron chi connectivity index (χ3n) is 4.85. The van der Waals surface area contributed by atoms with E-state index in [9.17, 15) is 13.2 Å². The second-order valence-corrected chi connectivity index (χ2v) is 11.1. The van der Waals surface area contributed by atoms with Gasteiger partial charge in [-0.1, -0.05) is 54.0 Å². The summed E-state index contributed by atoms with van der Waals surface area (Å²) in [6.07, 6.45) is 3.50. The van der Waals surface area contributed by atoms with Crippen LogP contribution in [0.25, 0.3) is 10.2 Å². The van der Waals surface area contributed by atoms with Gasteiger partial charge >= 0.3 is 0 Å². The Balaban J connectivity index is 1.74. The molecule has 0 aliphatic carbocycles. The average molecular weight is 525 g/mol. The molecule has 1 N–H and O–H groups in total. The Morgan fingerprint density at radius 3 is 2.32 bits per heavy atom. The highest BCUT2D eigenvalue weighted by Crippen LogP contribution is 2.29.